The predicted molar refractivity (Wildman–Crippen MR) is 81.5 cm³/mol. The van der Waals surface area contributed by atoms with E-state index in [4.69, 9.17) is 0 Å². The van der Waals surface area contributed by atoms with Crippen molar-refractivity contribution < 1.29 is 21.6 Å². The fourth-order valence-electron chi connectivity index (χ4n) is 2.30. The maximum absolute atomic E-state index is 12.8. The van der Waals surface area contributed by atoms with E-state index < -0.39 is 21.8 Å². The highest BCUT2D eigenvalue weighted by atomic mass is 32.2. The summed E-state index contributed by atoms with van der Waals surface area (Å²) in [5, 5.41) is 3.69. The summed E-state index contributed by atoms with van der Waals surface area (Å²) in [4.78, 5) is -0.311. The molecule has 1 fully saturated rings. The molecule has 23 heavy (non-hydrogen) atoms. The van der Waals surface area contributed by atoms with Crippen LogP contribution < -0.4 is 0 Å². The molecular formula is C15H14F3NO2S2. The minimum atomic E-state index is -4.57. The Hall–Kier alpha value is -1.38. The van der Waals surface area contributed by atoms with Gasteiger partial charge in [-0.2, -0.15) is 28.8 Å². The highest BCUT2D eigenvalue weighted by Crippen LogP contribution is 2.36. The van der Waals surface area contributed by atoms with Gasteiger partial charge >= 0.3 is 6.18 Å². The number of rotatable bonds is 5. The number of halogens is 3. The van der Waals surface area contributed by atoms with Crippen molar-refractivity contribution in [3.05, 3.63) is 52.2 Å². The summed E-state index contributed by atoms with van der Waals surface area (Å²) in [6.45, 7) is 0.187. The van der Waals surface area contributed by atoms with Crippen molar-refractivity contribution in [2.45, 2.75) is 36.5 Å². The van der Waals surface area contributed by atoms with E-state index in [-0.39, 0.29) is 17.5 Å². The van der Waals surface area contributed by atoms with E-state index in [2.05, 4.69) is 0 Å². The molecule has 0 unspecified atom stereocenters. The minimum absolute atomic E-state index is 0.130. The lowest BCUT2D eigenvalue weighted by Gasteiger charge is -2.22. The summed E-state index contributed by atoms with van der Waals surface area (Å²) in [7, 11) is -3.96. The quantitative estimate of drug-likeness (QED) is 0.803. The molecule has 8 heteroatoms. The molecular weight excluding hydrogens is 347 g/mol. The van der Waals surface area contributed by atoms with Crippen molar-refractivity contribution in [1.29, 1.82) is 0 Å². The Labute approximate surface area is 136 Å². The summed E-state index contributed by atoms with van der Waals surface area (Å²) >= 11 is 1.46. The molecule has 1 aliphatic rings. The van der Waals surface area contributed by atoms with Crippen LogP contribution in [0.4, 0.5) is 13.2 Å². The molecule has 124 valence electrons. The maximum atomic E-state index is 12.8. The fraction of sp³-hybridized carbons (Fsp3) is 0.333. The van der Waals surface area contributed by atoms with Crippen LogP contribution in [0, 0.1) is 0 Å². The van der Waals surface area contributed by atoms with Crippen LogP contribution >= 0.6 is 11.3 Å². The Kier molecular flexibility index (Phi) is 4.24. The third-order valence-electron chi connectivity index (χ3n) is 3.64. The number of hydrogen-bond acceptors (Lipinski definition) is 3. The molecule has 2 aromatic rings. The molecule has 1 aromatic heterocycles. The van der Waals surface area contributed by atoms with Gasteiger partial charge in [-0.3, -0.25) is 0 Å². The molecule has 0 spiro atoms. The van der Waals surface area contributed by atoms with Crippen LogP contribution in [-0.4, -0.2) is 18.8 Å². The van der Waals surface area contributed by atoms with Crippen molar-refractivity contribution in [2.24, 2.45) is 0 Å². The first-order valence-electron chi connectivity index (χ1n) is 6.98. The molecule has 3 nitrogen and oxygen atoms in total. The molecule has 0 N–H and O–H groups in total. The van der Waals surface area contributed by atoms with Gasteiger partial charge in [0.05, 0.1) is 10.5 Å². The van der Waals surface area contributed by atoms with Crippen molar-refractivity contribution in [3.63, 3.8) is 0 Å². The van der Waals surface area contributed by atoms with E-state index in [1.54, 1.807) is 0 Å². The van der Waals surface area contributed by atoms with Gasteiger partial charge in [0.25, 0.3) is 0 Å². The summed E-state index contributed by atoms with van der Waals surface area (Å²) in [5.41, 5.74) is -0.109. The van der Waals surface area contributed by atoms with Gasteiger partial charge < -0.3 is 0 Å². The van der Waals surface area contributed by atoms with E-state index in [9.17, 15) is 21.6 Å². The Bertz CT molecular complexity index is 781. The van der Waals surface area contributed by atoms with E-state index in [1.165, 1.54) is 21.7 Å². The van der Waals surface area contributed by atoms with Crippen molar-refractivity contribution >= 4 is 21.4 Å². The lowest BCUT2D eigenvalue weighted by Crippen LogP contribution is -2.32. The second kappa shape index (κ2) is 5.92. The van der Waals surface area contributed by atoms with Crippen LogP contribution in [0.3, 0.4) is 0 Å². The second-order valence-corrected chi connectivity index (χ2v) is 8.11. The first kappa shape index (κ1) is 16.5. The van der Waals surface area contributed by atoms with Gasteiger partial charge in [0.15, 0.2) is 0 Å². The largest absolute Gasteiger partial charge is 0.416 e. The van der Waals surface area contributed by atoms with Gasteiger partial charge in [-0.15, -0.1) is 0 Å². The van der Waals surface area contributed by atoms with Crippen LogP contribution in [0.5, 0.6) is 0 Å². The fourth-order valence-corrected chi connectivity index (χ4v) is 4.68. The lowest BCUT2D eigenvalue weighted by atomic mass is 10.2. The van der Waals surface area contributed by atoms with Crippen molar-refractivity contribution in [3.8, 4) is 0 Å². The summed E-state index contributed by atoms with van der Waals surface area (Å²) in [5.74, 6) is 0. The van der Waals surface area contributed by atoms with Gasteiger partial charge in [-0.05, 0) is 53.4 Å². The lowest BCUT2D eigenvalue weighted by molar-refractivity contribution is -0.137. The van der Waals surface area contributed by atoms with Gasteiger partial charge in [-0.1, -0.05) is 6.07 Å². The molecule has 0 bridgehead atoms. The Morgan fingerprint density at radius 3 is 2.52 bits per heavy atom. The highest BCUT2D eigenvalue weighted by Gasteiger charge is 2.39. The molecule has 1 heterocycles. The van der Waals surface area contributed by atoms with Gasteiger partial charge in [0.2, 0.25) is 10.0 Å². The third kappa shape index (κ3) is 3.59. The number of thiophene rings is 1. The standard InChI is InChI=1S/C15H14F3NO2S2/c16-15(17,18)12-2-1-3-14(8-12)23(20,21)19(13-4-5-13)9-11-6-7-22-10-11/h1-3,6-8,10,13H,4-5,9H2. The monoisotopic (exact) mass is 361 g/mol. The van der Waals surface area contributed by atoms with Crippen molar-refractivity contribution in [2.75, 3.05) is 0 Å². The molecule has 0 radical (unpaired) electrons. The van der Waals surface area contributed by atoms with Gasteiger partial charge in [0.1, 0.15) is 0 Å². The molecule has 0 atom stereocenters. The molecule has 1 aromatic carbocycles. The van der Waals surface area contributed by atoms with Crippen LogP contribution in [0.25, 0.3) is 0 Å². The van der Waals surface area contributed by atoms with E-state index >= 15 is 0 Å². The number of alkyl halides is 3. The SMILES string of the molecule is O=S(=O)(c1cccc(C(F)(F)F)c1)N(Cc1ccsc1)C1CC1. The van der Waals surface area contributed by atoms with E-state index in [1.807, 2.05) is 16.8 Å². The number of hydrogen-bond donors (Lipinski definition) is 0. The average Bonchev–Trinajstić information content (AvgIpc) is 3.20. The molecule has 3 rings (SSSR count). The normalized spacial score (nSPS) is 16.0. The van der Waals surface area contributed by atoms with E-state index in [0.717, 1.165) is 30.5 Å². The molecule has 0 amide bonds. The molecule has 1 saturated carbocycles. The van der Waals surface area contributed by atoms with Crippen molar-refractivity contribution in [1.82, 2.24) is 4.31 Å². The third-order valence-corrected chi connectivity index (χ3v) is 6.27. The zero-order valence-corrected chi connectivity index (χ0v) is 13.6. The Balaban J connectivity index is 1.95. The summed E-state index contributed by atoms with van der Waals surface area (Å²) in [6.07, 6.45) is -3.09. The van der Waals surface area contributed by atoms with Gasteiger partial charge in [-0.25, -0.2) is 8.42 Å². The van der Waals surface area contributed by atoms with E-state index in [0.29, 0.717) is 6.07 Å². The van der Waals surface area contributed by atoms with Crippen LogP contribution in [0.2, 0.25) is 0 Å². The maximum Gasteiger partial charge on any atom is 0.416 e. The van der Waals surface area contributed by atoms with Gasteiger partial charge in [0, 0.05) is 12.6 Å². The smallest absolute Gasteiger partial charge is 0.207 e. The van der Waals surface area contributed by atoms with Crippen LogP contribution in [0.15, 0.2) is 46.0 Å². The minimum Gasteiger partial charge on any atom is -0.207 e. The van der Waals surface area contributed by atoms with Crippen LogP contribution in [-0.2, 0) is 22.7 Å². The first-order valence-corrected chi connectivity index (χ1v) is 9.37. The number of sulfonamides is 1. The number of nitrogens with zero attached hydrogens (tertiary/aromatic N) is 1. The predicted octanol–water partition coefficient (Wildman–Crippen LogP) is 4.12. The number of benzene rings is 1. The molecule has 0 saturated heterocycles. The van der Waals surface area contributed by atoms with Crippen LogP contribution in [0.1, 0.15) is 24.0 Å². The zero-order chi connectivity index (χ0) is 16.7. The second-order valence-electron chi connectivity index (χ2n) is 5.44. The summed E-state index contributed by atoms with van der Waals surface area (Å²) in [6, 6.07) is 5.62. The molecule has 1 aliphatic carbocycles. The Morgan fingerprint density at radius 1 is 1.22 bits per heavy atom. The molecule has 0 aliphatic heterocycles. The summed E-state index contributed by atoms with van der Waals surface area (Å²) < 4.78 is 65.4. The highest BCUT2D eigenvalue weighted by molar-refractivity contribution is 7.89. The zero-order valence-electron chi connectivity index (χ0n) is 12.0. The first-order chi connectivity index (χ1) is 10.8. The topological polar surface area (TPSA) is 37.4 Å². The Morgan fingerprint density at radius 2 is 1.96 bits per heavy atom. The average molecular weight is 361 g/mol.